The van der Waals surface area contributed by atoms with Crippen LogP contribution in [0.5, 0.6) is 0 Å². The standard InChI is InChI=1S/C16H24N2O2/c19-14-10-18(3-1-2-17-14)15(20)16-7-11-4-12(8-16)6-13(5-11)9-16/h11-13H,1-10H2,(H,17,19). The van der Waals surface area contributed by atoms with Gasteiger partial charge in [0.2, 0.25) is 11.8 Å². The number of carbonyl (C=O) groups excluding carboxylic acids is 2. The Morgan fingerprint density at radius 1 is 1.10 bits per heavy atom. The van der Waals surface area contributed by atoms with Gasteiger partial charge in [0.1, 0.15) is 0 Å². The molecule has 4 aliphatic carbocycles. The van der Waals surface area contributed by atoms with Crippen molar-refractivity contribution in [2.24, 2.45) is 23.2 Å². The van der Waals surface area contributed by atoms with Crippen molar-refractivity contribution >= 4 is 11.8 Å². The lowest BCUT2D eigenvalue weighted by molar-refractivity contribution is -0.158. The highest BCUT2D eigenvalue weighted by Crippen LogP contribution is 2.60. The summed E-state index contributed by atoms with van der Waals surface area (Å²) in [4.78, 5) is 26.7. The summed E-state index contributed by atoms with van der Waals surface area (Å²) in [6, 6.07) is 0. The van der Waals surface area contributed by atoms with E-state index >= 15 is 0 Å². The second-order valence-electron chi connectivity index (χ2n) is 7.63. The topological polar surface area (TPSA) is 49.4 Å². The maximum Gasteiger partial charge on any atom is 0.239 e. The highest BCUT2D eigenvalue weighted by Gasteiger charge is 2.55. The van der Waals surface area contributed by atoms with Crippen LogP contribution in [0, 0.1) is 23.2 Å². The average molecular weight is 276 g/mol. The van der Waals surface area contributed by atoms with Crippen molar-refractivity contribution < 1.29 is 9.59 Å². The Hall–Kier alpha value is -1.06. The number of rotatable bonds is 1. The van der Waals surface area contributed by atoms with E-state index in [2.05, 4.69) is 5.32 Å². The van der Waals surface area contributed by atoms with Crippen molar-refractivity contribution in [1.82, 2.24) is 10.2 Å². The molecule has 1 N–H and O–H groups in total. The van der Waals surface area contributed by atoms with Gasteiger partial charge >= 0.3 is 0 Å². The van der Waals surface area contributed by atoms with Crippen LogP contribution in [-0.2, 0) is 9.59 Å². The summed E-state index contributed by atoms with van der Waals surface area (Å²) < 4.78 is 0. The van der Waals surface area contributed by atoms with Gasteiger partial charge in [-0.25, -0.2) is 0 Å². The molecule has 4 bridgehead atoms. The predicted molar refractivity (Wildman–Crippen MR) is 74.8 cm³/mol. The van der Waals surface area contributed by atoms with Crippen LogP contribution in [0.25, 0.3) is 0 Å². The first-order chi connectivity index (χ1) is 9.64. The summed E-state index contributed by atoms with van der Waals surface area (Å²) in [5.41, 5.74) is -0.0978. The Balaban J connectivity index is 1.56. The zero-order chi connectivity index (χ0) is 13.7. The number of carbonyl (C=O) groups is 2. The van der Waals surface area contributed by atoms with E-state index in [0.717, 1.165) is 50.0 Å². The Morgan fingerprint density at radius 3 is 2.30 bits per heavy atom. The molecule has 5 fully saturated rings. The molecule has 0 spiro atoms. The molecule has 1 heterocycles. The largest absolute Gasteiger partial charge is 0.354 e. The van der Waals surface area contributed by atoms with E-state index in [9.17, 15) is 9.59 Å². The van der Waals surface area contributed by atoms with Crippen molar-refractivity contribution in [3.05, 3.63) is 0 Å². The Labute approximate surface area is 120 Å². The van der Waals surface area contributed by atoms with Crippen LogP contribution in [0.3, 0.4) is 0 Å². The quantitative estimate of drug-likeness (QED) is 0.790. The SMILES string of the molecule is O=C1CN(C(=O)C23CC4CC(CC(C4)C2)C3)CCCN1. The molecule has 0 aromatic carbocycles. The molecule has 4 saturated carbocycles. The van der Waals surface area contributed by atoms with E-state index in [1.54, 1.807) is 0 Å². The number of amides is 2. The summed E-state index contributed by atoms with van der Waals surface area (Å²) in [6.45, 7) is 1.74. The monoisotopic (exact) mass is 276 g/mol. The van der Waals surface area contributed by atoms with E-state index in [1.165, 1.54) is 19.3 Å². The van der Waals surface area contributed by atoms with Crippen LogP contribution < -0.4 is 5.32 Å². The minimum atomic E-state index is -0.0978. The molecular weight excluding hydrogens is 252 g/mol. The minimum absolute atomic E-state index is 0.0144. The van der Waals surface area contributed by atoms with Crippen LogP contribution in [0.1, 0.15) is 44.9 Å². The van der Waals surface area contributed by atoms with Crippen LogP contribution >= 0.6 is 0 Å². The molecule has 0 aromatic rings. The molecule has 0 unspecified atom stereocenters. The van der Waals surface area contributed by atoms with Crippen molar-refractivity contribution in [2.75, 3.05) is 19.6 Å². The molecule has 5 aliphatic rings. The molecule has 110 valence electrons. The number of nitrogens with zero attached hydrogens (tertiary/aromatic N) is 1. The lowest BCUT2D eigenvalue weighted by Gasteiger charge is -2.56. The lowest BCUT2D eigenvalue weighted by Crippen LogP contribution is -2.55. The van der Waals surface area contributed by atoms with Gasteiger partial charge in [-0.15, -0.1) is 0 Å². The molecule has 0 aromatic heterocycles. The molecule has 5 rings (SSSR count). The zero-order valence-electron chi connectivity index (χ0n) is 12.1. The maximum atomic E-state index is 13.1. The molecule has 1 aliphatic heterocycles. The van der Waals surface area contributed by atoms with Crippen LogP contribution in [0.15, 0.2) is 0 Å². The second-order valence-corrected chi connectivity index (χ2v) is 7.63. The summed E-state index contributed by atoms with van der Waals surface area (Å²) in [5, 5.41) is 2.87. The third-order valence-electron chi connectivity index (χ3n) is 6.04. The smallest absolute Gasteiger partial charge is 0.239 e. The molecule has 2 amide bonds. The molecule has 20 heavy (non-hydrogen) atoms. The Kier molecular flexibility index (Phi) is 2.83. The maximum absolute atomic E-state index is 13.1. The molecule has 0 radical (unpaired) electrons. The average Bonchev–Trinajstić information content (AvgIpc) is 2.61. The van der Waals surface area contributed by atoms with Gasteiger partial charge in [0.25, 0.3) is 0 Å². The van der Waals surface area contributed by atoms with Gasteiger partial charge in [-0.2, -0.15) is 0 Å². The van der Waals surface area contributed by atoms with E-state index in [-0.39, 0.29) is 17.9 Å². The van der Waals surface area contributed by atoms with Crippen molar-refractivity contribution in [2.45, 2.75) is 44.9 Å². The summed E-state index contributed by atoms with van der Waals surface area (Å²) in [6.07, 6.45) is 8.23. The highest BCUT2D eigenvalue weighted by atomic mass is 16.2. The Morgan fingerprint density at radius 2 is 1.70 bits per heavy atom. The lowest BCUT2D eigenvalue weighted by atomic mass is 9.49. The van der Waals surface area contributed by atoms with Crippen molar-refractivity contribution in [3.63, 3.8) is 0 Å². The van der Waals surface area contributed by atoms with Crippen molar-refractivity contribution in [1.29, 1.82) is 0 Å². The van der Waals surface area contributed by atoms with E-state index < -0.39 is 0 Å². The molecule has 1 saturated heterocycles. The normalized spacial score (nSPS) is 43.3. The van der Waals surface area contributed by atoms with Crippen LogP contribution in [0.4, 0.5) is 0 Å². The van der Waals surface area contributed by atoms with E-state index in [4.69, 9.17) is 0 Å². The summed E-state index contributed by atoms with van der Waals surface area (Å²) in [5.74, 6) is 2.66. The first-order valence-corrected chi connectivity index (χ1v) is 8.21. The fraction of sp³-hybridized carbons (Fsp3) is 0.875. The van der Waals surface area contributed by atoms with Gasteiger partial charge in [-0.1, -0.05) is 0 Å². The first kappa shape index (κ1) is 12.7. The van der Waals surface area contributed by atoms with E-state index in [0.29, 0.717) is 12.5 Å². The molecule has 4 heteroatoms. The van der Waals surface area contributed by atoms with Gasteiger partial charge in [-0.3, -0.25) is 9.59 Å². The molecule has 4 nitrogen and oxygen atoms in total. The fourth-order valence-corrected chi connectivity index (χ4v) is 5.69. The Bertz CT molecular complexity index is 410. The number of hydrogen-bond donors (Lipinski definition) is 1. The van der Waals surface area contributed by atoms with Gasteiger partial charge in [0.15, 0.2) is 0 Å². The van der Waals surface area contributed by atoms with Gasteiger partial charge in [0.05, 0.1) is 12.0 Å². The van der Waals surface area contributed by atoms with Crippen LogP contribution in [-0.4, -0.2) is 36.3 Å². The van der Waals surface area contributed by atoms with Gasteiger partial charge < -0.3 is 10.2 Å². The first-order valence-electron chi connectivity index (χ1n) is 8.21. The predicted octanol–water partition coefficient (Wildman–Crippen LogP) is 1.55. The zero-order valence-corrected chi connectivity index (χ0v) is 12.1. The third kappa shape index (κ3) is 1.95. The molecule has 0 atom stereocenters. The van der Waals surface area contributed by atoms with Crippen molar-refractivity contribution in [3.8, 4) is 0 Å². The highest BCUT2D eigenvalue weighted by molar-refractivity contribution is 5.88. The summed E-state index contributed by atoms with van der Waals surface area (Å²) >= 11 is 0. The van der Waals surface area contributed by atoms with Gasteiger partial charge in [0, 0.05) is 13.1 Å². The number of nitrogens with one attached hydrogen (secondary N) is 1. The van der Waals surface area contributed by atoms with Gasteiger partial charge in [-0.05, 0) is 62.7 Å². The number of hydrogen-bond acceptors (Lipinski definition) is 2. The third-order valence-corrected chi connectivity index (χ3v) is 6.04. The second kappa shape index (κ2) is 4.47. The van der Waals surface area contributed by atoms with Crippen LogP contribution in [0.2, 0.25) is 0 Å². The summed E-state index contributed by atoms with van der Waals surface area (Å²) in [7, 11) is 0. The fourth-order valence-electron chi connectivity index (χ4n) is 5.69. The molecular formula is C16H24N2O2. The van der Waals surface area contributed by atoms with E-state index in [1.807, 2.05) is 4.90 Å². The minimum Gasteiger partial charge on any atom is -0.354 e.